The maximum atomic E-state index is 12.1. The van der Waals surface area contributed by atoms with E-state index in [0.717, 1.165) is 55.2 Å². The van der Waals surface area contributed by atoms with Gasteiger partial charge in [0, 0.05) is 13.1 Å². The molecule has 21 heavy (non-hydrogen) atoms. The van der Waals surface area contributed by atoms with Gasteiger partial charge in [-0.15, -0.1) is 11.3 Å². The monoisotopic (exact) mass is 309 g/mol. The number of nitrogens with zero attached hydrogens (tertiary/aromatic N) is 1. The van der Waals surface area contributed by atoms with Crippen LogP contribution in [0.1, 0.15) is 43.2 Å². The lowest BCUT2D eigenvalue weighted by molar-refractivity contribution is -0.117. The second kappa shape index (κ2) is 6.87. The third-order valence-corrected chi connectivity index (χ3v) is 5.28. The largest absolute Gasteiger partial charge is 0.373 e. The minimum Gasteiger partial charge on any atom is -0.373 e. The summed E-state index contributed by atoms with van der Waals surface area (Å²) in [4.78, 5) is 15.1. The highest BCUT2D eigenvalue weighted by Crippen LogP contribution is 2.31. The lowest BCUT2D eigenvalue weighted by Crippen LogP contribution is -2.35. The van der Waals surface area contributed by atoms with Crippen molar-refractivity contribution in [1.82, 2.24) is 10.2 Å². The molecular formula is C15H23N3O2S. The molecular weight excluding hydrogens is 286 g/mol. The zero-order valence-corrected chi connectivity index (χ0v) is 13.0. The Morgan fingerprint density at radius 1 is 1.33 bits per heavy atom. The molecule has 1 aromatic rings. The maximum absolute atomic E-state index is 12.1. The van der Waals surface area contributed by atoms with Crippen molar-refractivity contribution in [3.63, 3.8) is 0 Å². The average Bonchev–Trinajstić information content (AvgIpc) is 3.19. The van der Waals surface area contributed by atoms with E-state index in [0.29, 0.717) is 0 Å². The van der Waals surface area contributed by atoms with Crippen molar-refractivity contribution in [3.8, 4) is 0 Å². The number of nitrogens with one attached hydrogen (secondary N) is 2. The zero-order chi connectivity index (χ0) is 14.7. The molecule has 0 aliphatic carbocycles. The Bertz CT molecular complexity index is 479. The van der Waals surface area contributed by atoms with Crippen LogP contribution >= 0.6 is 11.3 Å². The molecule has 1 aromatic heterocycles. The Kier molecular flexibility index (Phi) is 4.90. The van der Waals surface area contributed by atoms with E-state index in [-0.39, 0.29) is 11.9 Å². The number of thiophene rings is 1. The smallest absolute Gasteiger partial charge is 0.242 e. The first-order chi connectivity index (χ1) is 10.2. The van der Waals surface area contributed by atoms with Crippen LogP contribution in [0.4, 0.5) is 5.00 Å². The molecule has 6 heteroatoms. The number of likely N-dealkylation sites (tertiary alicyclic amines) is 1. The van der Waals surface area contributed by atoms with Gasteiger partial charge in [-0.3, -0.25) is 9.69 Å². The van der Waals surface area contributed by atoms with Crippen LogP contribution in [-0.4, -0.2) is 41.6 Å². The first kappa shape index (κ1) is 15.0. The normalized spacial score (nSPS) is 24.9. The van der Waals surface area contributed by atoms with E-state index in [2.05, 4.69) is 15.5 Å². The van der Waals surface area contributed by atoms with E-state index in [1.807, 2.05) is 12.1 Å². The topological polar surface area (TPSA) is 64.6 Å². The van der Waals surface area contributed by atoms with Gasteiger partial charge in [0.2, 0.25) is 5.91 Å². The Labute approximate surface area is 129 Å². The minimum absolute atomic E-state index is 0.0355. The van der Waals surface area contributed by atoms with Gasteiger partial charge in [-0.25, -0.2) is 0 Å². The molecule has 3 N–H and O–H groups in total. The SMILES string of the molecule is O=C(Nc1ccc(C(O)N2CCCCC2)s1)[C@@H]1CCCN1. The fraction of sp³-hybridized carbons (Fsp3) is 0.667. The highest BCUT2D eigenvalue weighted by atomic mass is 32.1. The second-order valence-corrected chi connectivity index (χ2v) is 6.93. The number of carbonyl (C=O) groups excluding carboxylic acids is 1. The minimum atomic E-state index is -0.537. The molecule has 1 amide bonds. The predicted molar refractivity (Wildman–Crippen MR) is 84.4 cm³/mol. The van der Waals surface area contributed by atoms with Crippen molar-refractivity contribution in [1.29, 1.82) is 0 Å². The molecule has 0 radical (unpaired) electrons. The van der Waals surface area contributed by atoms with Crippen LogP contribution in [0, 0.1) is 0 Å². The summed E-state index contributed by atoms with van der Waals surface area (Å²) < 4.78 is 0. The number of piperidine rings is 1. The molecule has 2 aliphatic heterocycles. The van der Waals surface area contributed by atoms with Crippen molar-refractivity contribution in [2.75, 3.05) is 25.0 Å². The van der Waals surface area contributed by atoms with Crippen LogP contribution in [0.15, 0.2) is 12.1 Å². The highest BCUT2D eigenvalue weighted by Gasteiger charge is 2.24. The van der Waals surface area contributed by atoms with Crippen molar-refractivity contribution < 1.29 is 9.90 Å². The number of hydrogen-bond acceptors (Lipinski definition) is 5. The van der Waals surface area contributed by atoms with Crippen LogP contribution in [0.3, 0.4) is 0 Å². The lowest BCUT2D eigenvalue weighted by atomic mass is 10.1. The summed E-state index contributed by atoms with van der Waals surface area (Å²) in [6, 6.07) is 3.74. The quantitative estimate of drug-likeness (QED) is 0.795. The van der Waals surface area contributed by atoms with Crippen LogP contribution in [0.5, 0.6) is 0 Å². The third kappa shape index (κ3) is 3.63. The van der Waals surface area contributed by atoms with E-state index < -0.39 is 6.23 Å². The van der Waals surface area contributed by atoms with E-state index in [1.54, 1.807) is 0 Å². The average molecular weight is 309 g/mol. The molecule has 2 saturated heterocycles. The maximum Gasteiger partial charge on any atom is 0.242 e. The van der Waals surface area contributed by atoms with Crippen molar-refractivity contribution in [3.05, 3.63) is 17.0 Å². The molecule has 1 unspecified atom stereocenters. The summed E-state index contributed by atoms with van der Waals surface area (Å²) in [6.45, 7) is 2.82. The fourth-order valence-electron chi connectivity index (χ4n) is 3.02. The van der Waals surface area contributed by atoms with Crippen LogP contribution in [0.2, 0.25) is 0 Å². The number of anilines is 1. The predicted octanol–water partition coefficient (Wildman–Crippen LogP) is 1.92. The number of aliphatic hydroxyl groups is 1. The Morgan fingerprint density at radius 3 is 2.86 bits per heavy atom. The van der Waals surface area contributed by atoms with Gasteiger partial charge in [-0.2, -0.15) is 0 Å². The summed E-state index contributed by atoms with van der Waals surface area (Å²) in [5.41, 5.74) is 0. The summed E-state index contributed by atoms with van der Waals surface area (Å²) in [5, 5.41) is 17.4. The van der Waals surface area contributed by atoms with Crippen LogP contribution in [0.25, 0.3) is 0 Å². The molecule has 2 fully saturated rings. The van der Waals surface area contributed by atoms with E-state index in [4.69, 9.17) is 0 Å². The molecule has 116 valence electrons. The second-order valence-electron chi connectivity index (χ2n) is 5.81. The summed E-state index contributed by atoms with van der Waals surface area (Å²) in [5.74, 6) is 0.0355. The van der Waals surface area contributed by atoms with Crippen molar-refractivity contribution >= 4 is 22.2 Å². The molecule has 3 heterocycles. The fourth-order valence-corrected chi connectivity index (χ4v) is 3.95. The summed E-state index contributed by atoms with van der Waals surface area (Å²) in [7, 11) is 0. The number of hydrogen-bond donors (Lipinski definition) is 3. The molecule has 2 aliphatic rings. The zero-order valence-electron chi connectivity index (χ0n) is 12.2. The van der Waals surface area contributed by atoms with Crippen LogP contribution < -0.4 is 10.6 Å². The Balaban J connectivity index is 1.58. The Morgan fingerprint density at radius 2 is 2.14 bits per heavy atom. The van der Waals surface area contributed by atoms with Gasteiger partial charge in [0.05, 0.1) is 15.9 Å². The molecule has 0 bridgehead atoms. The summed E-state index contributed by atoms with van der Waals surface area (Å²) in [6.07, 6.45) is 4.98. The number of aliphatic hydroxyl groups excluding tert-OH is 1. The van der Waals surface area contributed by atoms with E-state index in [9.17, 15) is 9.90 Å². The summed E-state index contributed by atoms with van der Waals surface area (Å²) >= 11 is 1.47. The van der Waals surface area contributed by atoms with Crippen LogP contribution in [-0.2, 0) is 4.79 Å². The molecule has 5 nitrogen and oxygen atoms in total. The lowest BCUT2D eigenvalue weighted by Gasteiger charge is -2.30. The van der Waals surface area contributed by atoms with Gasteiger partial charge in [0.1, 0.15) is 6.23 Å². The van der Waals surface area contributed by atoms with Gasteiger partial charge < -0.3 is 15.7 Å². The standard InChI is InChI=1S/C15H23N3O2S/c19-14(11-5-4-8-16-11)17-13-7-6-12(21-13)15(20)18-9-2-1-3-10-18/h6-7,11,15-16,20H,1-5,8-10H2,(H,17,19)/t11-,15?/m0/s1. The van der Waals surface area contributed by atoms with Gasteiger partial charge in [-0.05, 0) is 44.4 Å². The van der Waals surface area contributed by atoms with Crippen molar-refractivity contribution in [2.45, 2.75) is 44.4 Å². The van der Waals surface area contributed by atoms with Gasteiger partial charge in [0.25, 0.3) is 0 Å². The Hall–Kier alpha value is -0.950. The van der Waals surface area contributed by atoms with E-state index >= 15 is 0 Å². The van der Waals surface area contributed by atoms with E-state index in [1.165, 1.54) is 17.8 Å². The molecule has 2 atom stereocenters. The third-order valence-electron chi connectivity index (χ3n) is 4.24. The van der Waals surface area contributed by atoms with Gasteiger partial charge in [-0.1, -0.05) is 6.42 Å². The molecule has 0 spiro atoms. The molecule has 0 saturated carbocycles. The van der Waals surface area contributed by atoms with Gasteiger partial charge >= 0.3 is 0 Å². The van der Waals surface area contributed by atoms with Crippen molar-refractivity contribution in [2.24, 2.45) is 0 Å². The first-order valence-electron chi connectivity index (χ1n) is 7.80. The first-order valence-corrected chi connectivity index (χ1v) is 8.62. The number of carbonyl (C=O) groups is 1. The number of rotatable bonds is 4. The number of amides is 1. The van der Waals surface area contributed by atoms with Gasteiger partial charge in [0.15, 0.2) is 0 Å². The molecule has 0 aromatic carbocycles. The molecule has 3 rings (SSSR count). The highest BCUT2D eigenvalue weighted by molar-refractivity contribution is 7.16.